The number of ether oxygens (including phenoxy) is 2. The second-order valence-corrected chi connectivity index (χ2v) is 6.09. The number of hydrogen-bond donors (Lipinski definition) is 0. The summed E-state index contributed by atoms with van der Waals surface area (Å²) in [6.07, 6.45) is 0.774. The Labute approximate surface area is 142 Å². The van der Waals surface area contributed by atoms with Crippen LogP contribution in [0.15, 0.2) is 30.3 Å². The SMILES string of the molecule is COc1ccc(CC2CN(C(=O)c3cc(C)n(C)n3)CCO2)cc1. The molecule has 2 aromatic rings. The van der Waals surface area contributed by atoms with Gasteiger partial charge in [0, 0.05) is 32.3 Å². The van der Waals surface area contributed by atoms with Gasteiger partial charge < -0.3 is 14.4 Å². The highest BCUT2D eigenvalue weighted by Crippen LogP contribution is 2.17. The van der Waals surface area contributed by atoms with Gasteiger partial charge in [-0.3, -0.25) is 9.48 Å². The number of aromatic nitrogens is 2. The van der Waals surface area contributed by atoms with Crippen LogP contribution in [0.3, 0.4) is 0 Å². The molecule has 3 rings (SSSR count). The molecule has 1 unspecified atom stereocenters. The summed E-state index contributed by atoms with van der Waals surface area (Å²) < 4.78 is 12.7. The van der Waals surface area contributed by atoms with Crippen LogP contribution in [0, 0.1) is 6.92 Å². The average molecular weight is 329 g/mol. The molecule has 0 aliphatic carbocycles. The van der Waals surface area contributed by atoms with E-state index in [4.69, 9.17) is 9.47 Å². The maximum Gasteiger partial charge on any atom is 0.274 e. The lowest BCUT2D eigenvalue weighted by Gasteiger charge is -2.32. The first-order valence-electron chi connectivity index (χ1n) is 8.11. The zero-order chi connectivity index (χ0) is 17.1. The summed E-state index contributed by atoms with van der Waals surface area (Å²) >= 11 is 0. The molecule has 24 heavy (non-hydrogen) atoms. The lowest BCUT2D eigenvalue weighted by atomic mass is 10.1. The summed E-state index contributed by atoms with van der Waals surface area (Å²) in [6, 6.07) is 9.78. The molecule has 128 valence electrons. The third kappa shape index (κ3) is 3.59. The van der Waals surface area contributed by atoms with Gasteiger partial charge in [0.1, 0.15) is 5.75 Å². The van der Waals surface area contributed by atoms with E-state index in [-0.39, 0.29) is 12.0 Å². The third-order valence-electron chi connectivity index (χ3n) is 4.38. The van der Waals surface area contributed by atoms with E-state index in [9.17, 15) is 4.79 Å². The van der Waals surface area contributed by atoms with Crippen molar-refractivity contribution in [3.8, 4) is 5.75 Å². The highest BCUT2D eigenvalue weighted by molar-refractivity contribution is 5.92. The highest BCUT2D eigenvalue weighted by atomic mass is 16.5. The largest absolute Gasteiger partial charge is 0.497 e. The first-order valence-corrected chi connectivity index (χ1v) is 8.11. The summed E-state index contributed by atoms with van der Waals surface area (Å²) in [4.78, 5) is 14.5. The van der Waals surface area contributed by atoms with Crippen molar-refractivity contribution in [1.29, 1.82) is 0 Å². The molecule has 0 saturated carbocycles. The minimum Gasteiger partial charge on any atom is -0.497 e. The second kappa shape index (κ2) is 7.05. The van der Waals surface area contributed by atoms with E-state index in [0.717, 1.165) is 17.9 Å². The number of carbonyl (C=O) groups is 1. The Morgan fingerprint density at radius 2 is 2.12 bits per heavy atom. The van der Waals surface area contributed by atoms with Crippen molar-refractivity contribution in [1.82, 2.24) is 14.7 Å². The zero-order valence-electron chi connectivity index (χ0n) is 14.4. The predicted octanol–water partition coefficient (Wildman–Crippen LogP) is 1.82. The van der Waals surface area contributed by atoms with Crippen molar-refractivity contribution < 1.29 is 14.3 Å². The summed E-state index contributed by atoms with van der Waals surface area (Å²) in [5.74, 6) is 0.812. The first-order chi connectivity index (χ1) is 11.6. The number of benzene rings is 1. The number of rotatable bonds is 4. The summed E-state index contributed by atoms with van der Waals surface area (Å²) in [6.45, 7) is 3.68. The molecule has 6 nitrogen and oxygen atoms in total. The smallest absolute Gasteiger partial charge is 0.274 e. The van der Waals surface area contributed by atoms with E-state index in [1.807, 2.05) is 49.2 Å². The Hall–Kier alpha value is -2.34. The minimum atomic E-state index is -0.0262. The van der Waals surface area contributed by atoms with Gasteiger partial charge in [-0.2, -0.15) is 5.10 Å². The molecule has 1 atom stereocenters. The van der Waals surface area contributed by atoms with Crippen molar-refractivity contribution >= 4 is 5.91 Å². The lowest BCUT2D eigenvalue weighted by molar-refractivity contribution is -0.0210. The van der Waals surface area contributed by atoms with Crippen molar-refractivity contribution in [3.63, 3.8) is 0 Å². The molecule has 0 spiro atoms. The molecular weight excluding hydrogens is 306 g/mol. The fraction of sp³-hybridized carbons (Fsp3) is 0.444. The molecule has 0 bridgehead atoms. The highest BCUT2D eigenvalue weighted by Gasteiger charge is 2.26. The summed E-state index contributed by atoms with van der Waals surface area (Å²) in [5.41, 5.74) is 2.64. The molecule has 1 aromatic heterocycles. The van der Waals surface area contributed by atoms with Gasteiger partial charge in [-0.1, -0.05) is 12.1 Å². The molecule has 0 N–H and O–H groups in total. The summed E-state index contributed by atoms with van der Waals surface area (Å²) in [5, 5.41) is 4.28. The van der Waals surface area contributed by atoms with E-state index < -0.39 is 0 Å². The number of aryl methyl sites for hydroxylation is 2. The molecule has 1 saturated heterocycles. The van der Waals surface area contributed by atoms with Crippen molar-refractivity contribution in [3.05, 3.63) is 47.3 Å². The van der Waals surface area contributed by atoms with Gasteiger partial charge in [0.05, 0.1) is 19.8 Å². The number of morpholine rings is 1. The van der Waals surface area contributed by atoms with Gasteiger partial charge in [0.15, 0.2) is 5.69 Å². The maximum atomic E-state index is 12.6. The van der Waals surface area contributed by atoms with Crippen LogP contribution < -0.4 is 4.74 Å². The molecule has 2 heterocycles. The van der Waals surface area contributed by atoms with Crippen LogP contribution in [-0.4, -0.2) is 53.5 Å². The molecule has 1 aliphatic rings. The topological polar surface area (TPSA) is 56.6 Å². The molecule has 1 aromatic carbocycles. The van der Waals surface area contributed by atoms with Gasteiger partial charge in [-0.15, -0.1) is 0 Å². The fourth-order valence-electron chi connectivity index (χ4n) is 2.88. The van der Waals surface area contributed by atoms with Crippen LogP contribution in [0.2, 0.25) is 0 Å². The molecule has 0 radical (unpaired) electrons. The summed E-state index contributed by atoms with van der Waals surface area (Å²) in [7, 11) is 3.50. The van der Waals surface area contributed by atoms with Crippen LogP contribution in [0.5, 0.6) is 5.75 Å². The van der Waals surface area contributed by atoms with E-state index >= 15 is 0 Å². The quantitative estimate of drug-likeness (QED) is 0.859. The van der Waals surface area contributed by atoms with Gasteiger partial charge in [-0.25, -0.2) is 0 Å². The van der Waals surface area contributed by atoms with Crippen LogP contribution in [-0.2, 0) is 18.2 Å². The average Bonchev–Trinajstić information content (AvgIpc) is 2.94. The number of nitrogens with zero attached hydrogens (tertiary/aromatic N) is 3. The van der Waals surface area contributed by atoms with Gasteiger partial charge in [-0.05, 0) is 30.7 Å². The molecule has 1 aliphatic heterocycles. The Kier molecular flexibility index (Phi) is 4.85. The van der Waals surface area contributed by atoms with Gasteiger partial charge in [0.2, 0.25) is 0 Å². The van der Waals surface area contributed by atoms with Crippen molar-refractivity contribution in [2.45, 2.75) is 19.4 Å². The van der Waals surface area contributed by atoms with Crippen LogP contribution in [0.25, 0.3) is 0 Å². The molecule has 1 amide bonds. The lowest BCUT2D eigenvalue weighted by Crippen LogP contribution is -2.46. The van der Waals surface area contributed by atoms with E-state index in [2.05, 4.69) is 5.10 Å². The van der Waals surface area contributed by atoms with Crippen molar-refractivity contribution in [2.75, 3.05) is 26.8 Å². The number of methoxy groups -OCH3 is 1. The third-order valence-corrected chi connectivity index (χ3v) is 4.38. The monoisotopic (exact) mass is 329 g/mol. The fourth-order valence-corrected chi connectivity index (χ4v) is 2.88. The van der Waals surface area contributed by atoms with Crippen LogP contribution in [0.4, 0.5) is 0 Å². The zero-order valence-corrected chi connectivity index (χ0v) is 14.4. The Morgan fingerprint density at radius 3 is 2.75 bits per heavy atom. The Balaban J connectivity index is 1.64. The van der Waals surface area contributed by atoms with E-state index in [0.29, 0.717) is 25.4 Å². The van der Waals surface area contributed by atoms with E-state index in [1.54, 1.807) is 11.8 Å². The Morgan fingerprint density at radius 1 is 1.38 bits per heavy atom. The molecule has 6 heteroatoms. The number of carbonyl (C=O) groups excluding carboxylic acids is 1. The number of amides is 1. The second-order valence-electron chi connectivity index (χ2n) is 6.09. The Bertz CT molecular complexity index is 689. The normalized spacial score (nSPS) is 17.8. The molecular formula is C18H23N3O3. The molecule has 1 fully saturated rings. The first kappa shape index (κ1) is 16.5. The standard InChI is InChI=1S/C18H23N3O3/c1-13-10-17(19-20(13)2)18(22)21-8-9-24-16(12-21)11-14-4-6-15(23-3)7-5-14/h4-7,10,16H,8-9,11-12H2,1-3H3. The maximum absolute atomic E-state index is 12.6. The van der Waals surface area contributed by atoms with Crippen LogP contribution in [0.1, 0.15) is 21.7 Å². The van der Waals surface area contributed by atoms with E-state index in [1.165, 1.54) is 5.56 Å². The van der Waals surface area contributed by atoms with Crippen molar-refractivity contribution in [2.24, 2.45) is 7.05 Å². The van der Waals surface area contributed by atoms with Gasteiger partial charge >= 0.3 is 0 Å². The minimum absolute atomic E-state index is 0.000837. The predicted molar refractivity (Wildman–Crippen MR) is 90.3 cm³/mol. The van der Waals surface area contributed by atoms with Crippen LogP contribution >= 0.6 is 0 Å². The number of hydrogen-bond acceptors (Lipinski definition) is 4. The van der Waals surface area contributed by atoms with Gasteiger partial charge in [0.25, 0.3) is 5.91 Å².